The number of fused-ring (bicyclic) bond motifs is 2. The van der Waals surface area contributed by atoms with Crippen LogP contribution >= 0.6 is 0 Å². The Morgan fingerprint density at radius 3 is 1.21 bits per heavy atom. The largest absolute Gasteiger partial charge is 0.347 e. The van der Waals surface area contributed by atoms with Crippen LogP contribution in [0.2, 0.25) is 0 Å². The number of anilines is 4. The summed E-state index contributed by atoms with van der Waals surface area (Å²) in [4.78, 5) is 82.8. The number of amides is 4. The zero-order valence-electron chi connectivity index (χ0n) is 43.5. The van der Waals surface area contributed by atoms with Crippen molar-refractivity contribution in [3.63, 3.8) is 0 Å². The van der Waals surface area contributed by atoms with Gasteiger partial charge in [-0.3, -0.25) is 19.2 Å². The fourth-order valence-corrected chi connectivity index (χ4v) is 10.8. The van der Waals surface area contributed by atoms with Gasteiger partial charge in [0.15, 0.2) is 5.82 Å². The smallest absolute Gasteiger partial charge is 0.266 e. The van der Waals surface area contributed by atoms with Crippen LogP contribution in [0.4, 0.5) is 23.3 Å². The SMILES string of the molecule is CC.CC(=N)c1cc2c3c(ccc4c5c(-c6nc(N(C)C)nc(N(C)C)n6)cc6c7c(ccc(c1c34)c75)C(=O)N(c1c(C(C)C)cccc1C(C)C)C6=O)C(=O)N(c1c(C(C)C)cccc1C(C)C)C2=O. The zero-order valence-corrected chi connectivity index (χ0v) is 43.5. The molecule has 12 heteroatoms. The van der Waals surface area contributed by atoms with Gasteiger partial charge in [0, 0.05) is 83.4 Å². The predicted molar refractivity (Wildman–Crippen MR) is 290 cm³/mol. The number of hydrogen-bond donors (Lipinski definition) is 1. The maximum Gasteiger partial charge on any atom is 0.266 e. The number of nitrogens with one attached hydrogen (secondary N) is 1. The van der Waals surface area contributed by atoms with Gasteiger partial charge in [-0.2, -0.15) is 15.0 Å². The van der Waals surface area contributed by atoms with Gasteiger partial charge in [0.1, 0.15) is 0 Å². The second-order valence-electron chi connectivity index (χ2n) is 20.3. The molecule has 12 nitrogen and oxygen atoms in total. The summed E-state index contributed by atoms with van der Waals surface area (Å²) in [5.74, 6) is -0.706. The summed E-state index contributed by atoms with van der Waals surface area (Å²) in [5, 5.41) is 14.2. The summed E-state index contributed by atoms with van der Waals surface area (Å²) in [5.41, 5.74) is 7.29. The van der Waals surface area contributed by atoms with E-state index in [1.165, 1.54) is 9.80 Å². The lowest BCUT2D eigenvalue weighted by Crippen LogP contribution is -2.42. The van der Waals surface area contributed by atoms with Gasteiger partial charge in [-0.25, -0.2) is 9.80 Å². The Balaban J connectivity index is 0.00000308. The summed E-state index contributed by atoms with van der Waals surface area (Å²) in [6.07, 6.45) is 0. The molecule has 2 aliphatic heterocycles. The molecule has 1 N–H and O–H groups in total. The van der Waals surface area contributed by atoms with Crippen LogP contribution in [0.25, 0.3) is 54.5 Å². The van der Waals surface area contributed by atoms with E-state index in [4.69, 9.17) is 15.0 Å². The minimum absolute atomic E-state index is 0.000184. The molecule has 8 aromatic rings. The van der Waals surface area contributed by atoms with E-state index in [2.05, 4.69) is 55.4 Å². The summed E-state index contributed by atoms with van der Waals surface area (Å²) in [6, 6.07) is 22.9. The molecule has 71 heavy (non-hydrogen) atoms. The number of carbonyl (C=O) groups excluding carboxylic acids is 4. The zero-order chi connectivity index (χ0) is 51.4. The van der Waals surface area contributed by atoms with E-state index in [9.17, 15) is 5.41 Å². The van der Waals surface area contributed by atoms with E-state index in [0.717, 1.165) is 22.3 Å². The Labute approximate surface area is 415 Å². The first-order chi connectivity index (χ1) is 33.7. The molecule has 1 aromatic heterocycles. The molecule has 0 radical (unpaired) electrons. The molecule has 0 saturated heterocycles. The quantitative estimate of drug-likeness (QED) is 0.0613. The molecule has 0 aliphatic carbocycles. The molecular weight excluding hydrogens is 885 g/mol. The normalized spacial score (nSPS) is 13.6. The van der Waals surface area contributed by atoms with Crippen molar-refractivity contribution in [2.24, 2.45) is 0 Å². The van der Waals surface area contributed by atoms with Crippen LogP contribution < -0.4 is 19.6 Å². The van der Waals surface area contributed by atoms with Crippen molar-refractivity contribution in [1.82, 2.24) is 15.0 Å². The van der Waals surface area contributed by atoms with Crippen LogP contribution in [0.3, 0.4) is 0 Å². The third-order valence-corrected chi connectivity index (χ3v) is 14.0. The summed E-state index contributed by atoms with van der Waals surface area (Å²) in [7, 11) is 7.40. The van der Waals surface area contributed by atoms with Crippen LogP contribution in [-0.2, 0) is 0 Å². The highest BCUT2D eigenvalue weighted by molar-refractivity contribution is 6.48. The lowest BCUT2D eigenvalue weighted by molar-refractivity contribution is 0.0877. The molecule has 3 heterocycles. The second-order valence-corrected chi connectivity index (χ2v) is 20.3. The average Bonchev–Trinajstić information content (AvgIpc) is 3.34. The van der Waals surface area contributed by atoms with Gasteiger partial charge in [-0.15, -0.1) is 0 Å². The molecule has 7 aromatic carbocycles. The van der Waals surface area contributed by atoms with E-state index in [1.807, 2.05) is 96.6 Å². The van der Waals surface area contributed by atoms with Gasteiger partial charge in [-0.05, 0) is 104 Å². The fourth-order valence-electron chi connectivity index (χ4n) is 10.8. The highest BCUT2D eigenvalue weighted by Crippen LogP contribution is 2.52. The van der Waals surface area contributed by atoms with Gasteiger partial charge in [0.2, 0.25) is 11.9 Å². The Hall–Kier alpha value is -7.60. The van der Waals surface area contributed by atoms with Crippen LogP contribution in [0, 0.1) is 5.41 Å². The molecular formula is C59H62N8O4. The molecule has 0 bridgehead atoms. The van der Waals surface area contributed by atoms with Crippen LogP contribution in [-0.4, -0.2) is 72.5 Å². The molecule has 4 amide bonds. The van der Waals surface area contributed by atoms with Gasteiger partial charge < -0.3 is 15.2 Å². The molecule has 0 atom stereocenters. The van der Waals surface area contributed by atoms with Crippen molar-refractivity contribution < 1.29 is 19.2 Å². The molecule has 0 spiro atoms. The van der Waals surface area contributed by atoms with Crippen molar-refractivity contribution in [2.75, 3.05) is 47.8 Å². The summed E-state index contributed by atoms with van der Waals surface area (Å²) < 4.78 is 0. The molecule has 0 saturated carbocycles. The lowest BCUT2D eigenvalue weighted by Gasteiger charge is -2.34. The van der Waals surface area contributed by atoms with Crippen molar-refractivity contribution in [1.29, 1.82) is 5.41 Å². The fraction of sp³-hybridized carbons (Fsp3) is 0.322. The Morgan fingerprint density at radius 1 is 0.465 bits per heavy atom. The predicted octanol–water partition coefficient (Wildman–Crippen LogP) is 13.2. The third kappa shape index (κ3) is 7.15. The third-order valence-electron chi connectivity index (χ3n) is 14.0. The Bertz CT molecular complexity index is 3530. The van der Waals surface area contributed by atoms with Gasteiger partial charge >= 0.3 is 0 Å². The average molecular weight is 947 g/mol. The van der Waals surface area contributed by atoms with Crippen molar-refractivity contribution in [3.05, 3.63) is 123 Å². The van der Waals surface area contributed by atoms with Crippen molar-refractivity contribution in [2.45, 2.75) is 99.8 Å². The highest BCUT2D eigenvalue weighted by Gasteiger charge is 2.42. The van der Waals surface area contributed by atoms with Crippen LogP contribution in [0.15, 0.2) is 72.8 Å². The minimum atomic E-state index is -0.472. The number of carbonyl (C=O) groups is 4. The summed E-state index contributed by atoms with van der Waals surface area (Å²) in [6.45, 7) is 22.2. The molecule has 2 aliphatic rings. The number of nitrogens with zero attached hydrogens (tertiary/aromatic N) is 7. The number of aromatic nitrogens is 3. The first-order valence-corrected chi connectivity index (χ1v) is 24.7. The number of para-hydroxylation sites is 2. The van der Waals surface area contributed by atoms with Gasteiger partial charge in [0.25, 0.3) is 23.6 Å². The van der Waals surface area contributed by atoms with Crippen LogP contribution in [0.5, 0.6) is 0 Å². The number of rotatable bonds is 10. The summed E-state index contributed by atoms with van der Waals surface area (Å²) >= 11 is 0. The van der Waals surface area contributed by atoms with Crippen molar-refractivity contribution >= 4 is 95.7 Å². The maximum absolute atomic E-state index is 15.6. The first kappa shape index (κ1) is 48.4. The topological polar surface area (TPSA) is 144 Å². The number of hydrogen-bond acceptors (Lipinski definition) is 10. The highest BCUT2D eigenvalue weighted by atomic mass is 16.2. The van der Waals surface area contributed by atoms with Crippen LogP contribution in [0.1, 0.15) is 169 Å². The standard InChI is InChI=1S/C57H56N8O4.C2H6/c1-26(2)31-16-14-17-32(27(3)4)49(31)64-52(66)37-23-21-36-44-40(51-59-56(62(10)11)61-57(60-51)63(12)13)25-42-46-38(53(67)65(55(42)69)50-33(28(5)6)18-15-19-34(50)29(7)8)22-20-35(48(44)46)43-39(30(9)58)24-41(54(64)68)45(37)47(36)43;1-2/h14-29,58H,1-13H3;1-2H3. The first-order valence-electron chi connectivity index (χ1n) is 24.7. The van der Waals surface area contributed by atoms with E-state index < -0.39 is 23.6 Å². The maximum atomic E-state index is 15.6. The van der Waals surface area contributed by atoms with Gasteiger partial charge in [-0.1, -0.05) is 118 Å². The number of imide groups is 2. The molecule has 0 fully saturated rings. The van der Waals surface area contributed by atoms with E-state index in [0.29, 0.717) is 106 Å². The van der Waals surface area contributed by atoms with E-state index in [-0.39, 0.29) is 29.4 Å². The monoisotopic (exact) mass is 946 g/mol. The van der Waals surface area contributed by atoms with E-state index in [1.54, 1.807) is 34.9 Å². The van der Waals surface area contributed by atoms with E-state index >= 15 is 19.2 Å². The molecule has 10 rings (SSSR count). The number of benzene rings is 7. The Kier molecular flexibility index (Phi) is 12.0. The lowest BCUT2D eigenvalue weighted by atomic mass is 9.78. The molecule has 0 unspecified atom stereocenters. The molecule has 362 valence electrons. The second kappa shape index (κ2) is 17.7. The van der Waals surface area contributed by atoms with Crippen molar-refractivity contribution in [3.8, 4) is 11.4 Å². The van der Waals surface area contributed by atoms with Gasteiger partial charge in [0.05, 0.1) is 11.4 Å². The minimum Gasteiger partial charge on any atom is -0.347 e. The Morgan fingerprint density at radius 2 is 0.831 bits per heavy atom.